The summed E-state index contributed by atoms with van der Waals surface area (Å²) in [7, 11) is 1.44. The lowest BCUT2D eigenvalue weighted by Gasteiger charge is -2.28. The lowest BCUT2D eigenvalue weighted by Crippen LogP contribution is -2.40. The predicted octanol–water partition coefficient (Wildman–Crippen LogP) is 3.32. The summed E-state index contributed by atoms with van der Waals surface area (Å²) >= 11 is 0. The Morgan fingerprint density at radius 3 is 2.67 bits per heavy atom. The molecule has 0 bridgehead atoms. The Hall–Kier alpha value is -3.39. The number of ether oxygens (including phenoxy) is 1. The Labute approximate surface area is 192 Å². The van der Waals surface area contributed by atoms with E-state index in [4.69, 9.17) is 9.57 Å². The summed E-state index contributed by atoms with van der Waals surface area (Å²) in [5.74, 6) is 0.965. The molecule has 0 saturated heterocycles. The van der Waals surface area contributed by atoms with Gasteiger partial charge in [0.2, 0.25) is 5.95 Å². The summed E-state index contributed by atoms with van der Waals surface area (Å²) in [5, 5.41) is 3.21. The van der Waals surface area contributed by atoms with Crippen molar-refractivity contribution >= 4 is 5.95 Å². The van der Waals surface area contributed by atoms with E-state index in [1.807, 2.05) is 44.2 Å². The van der Waals surface area contributed by atoms with Gasteiger partial charge in [-0.1, -0.05) is 24.3 Å². The van der Waals surface area contributed by atoms with Gasteiger partial charge in [-0.3, -0.25) is 9.69 Å². The van der Waals surface area contributed by atoms with E-state index in [1.165, 1.54) is 17.9 Å². The van der Waals surface area contributed by atoms with Gasteiger partial charge >= 0.3 is 0 Å². The summed E-state index contributed by atoms with van der Waals surface area (Å²) in [6.45, 7) is 6.45. The maximum Gasteiger partial charge on any atom is 0.292 e. The molecule has 3 aromatic rings. The second-order valence-corrected chi connectivity index (χ2v) is 8.13. The van der Waals surface area contributed by atoms with E-state index in [0.717, 1.165) is 22.6 Å². The Kier molecular flexibility index (Phi) is 6.93. The van der Waals surface area contributed by atoms with E-state index >= 15 is 0 Å². The van der Waals surface area contributed by atoms with Crippen molar-refractivity contribution in [2.45, 2.75) is 39.9 Å². The predicted molar refractivity (Wildman–Crippen MR) is 125 cm³/mol. The highest BCUT2D eigenvalue weighted by Crippen LogP contribution is 2.20. The van der Waals surface area contributed by atoms with Crippen LogP contribution in [-0.2, 0) is 26.1 Å². The van der Waals surface area contributed by atoms with Crippen LogP contribution in [0.3, 0.4) is 0 Å². The molecule has 1 aliphatic heterocycles. The number of aryl methyl sites for hydroxylation is 1. The molecule has 33 heavy (non-hydrogen) atoms. The van der Waals surface area contributed by atoms with Gasteiger partial charge in [-0.2, -0.15) is 0 Å². The van der Waals surface area contributed by atoms with Crippen LogP contribution in [0.1, 0.15) is 34.9 Å². The van der Waals surface area contributed by atoms with Crippen LogP contribution >= 0.6 is 0 Å². The van der Waals surface area contributed by atoms with Gasteiger partial charge in [0.15, 0.2) is 0 Å². The first-order valence-corrected chi connectivity index (χ1v) is 11.1. The normalized spacial score (nSPS) is 13.5. The largest absolute Gasteiger partial charge is 0.494 e. The number of benzene rings is 2. The molecule has 1 N–H and O–H groups in total. The average molecular weight is 453 g/mol. The van der Waals surface area contributed by atoms with E-state index in [0.29, 0.717) is 56.3 Å². The number of halogens is 1. The number of anilines is 1. The monoisotopic (exact) mass is 452 g/mol. The standard InChI is InChI=1S/C25H29FN4O3/c1-4-33-20-9-6-18(7-10-20)14-27-25-28-23-11-12-29(16-21(23)24(31)30(25)32-3)15-19-8-5-17(2)13-22(19)26/h5-10,13H,4,11-12,14-16H2,1-3H3,(H,27,28). The van der Waals surface area contributed by atoms with Gasteiger partial charge < -0.3 is 14.9 Å². The lowest BCUT2D eigenvalue weighted by molar-refractivity contribution is 0.153. The third kappa shape index (κ3) is 5.17. The van der Waals surface area contributed by atoms with Crippen LogP contribution in [0.15, 0.2) is 47.3 Å². The molecule has 0 atom stereocenters. The molecule has 7 nitrogen and oxygen atoms in total. The van der Waals surface area contributed by atoms with Crippen LogP contribution in [0, 0.1) is 12.7 Å². The summed E-state index contributed by atoms with van der Waals surface area (Å²) in [6, 6.07) is 13.0. The number of fused-ring (bicyclic) bond motifs is 1. The summed E-state index contributed by atoms with van der Waals surface area (Å²) in [5.41, 5.74) is 3.63. The first-order chi connectivity index (χ1) is 16.0. The van der Waals surface area contributed by atoms with E-state index in [-0.39, 0.29) is 11.4 Å². The van der Waals surface area contributed by atoms with Gasteiger partial charge in [-0.05, 0) is 43.2 Å². The summed E-state index contributed by atoms with van der Waals surface area (Å²) in [6.07, 6.45) is 0.611. The molecule has 0 spiro atoms. The Morgan fingerprint density at radius 1 is 1.18 bits per heavy atom. The van der Waals surface area contributed by atoms with E-state index in [2.05, 4.69) is 15.2 Å². The molecule has 0 saturated carbocycles. The van der Waals surface area contributed by atoms with E-state index in [1.54, 1.807) is 6.07 Å². The van der Waals surface area contributed by atoms with Crippen LogP contribution in [-0.4, -0.2) is 34.9 Å². The molecular weight excluding hydrogens is 423 g/mol. The molecule has 2 aromatic carbocycles. The summed E-state index contributed by atoms with van der Waals surface area (Å²) < 4.78 is 21.0. The van der Waals surface area contributed by atoms with Gasteiger partial charge in [0.1, 0.15) is 18.7 Å². The molecule has 1 aliphatic rings. The van der Waals surface area contributed by atoms with Crippen LogP contribution in [0.2, 0.25) is 0 Å². The van der Waals surface area contributed by atoms with Crippen molar-refractivity contribution in [3.8, 4) is 5.75 Å². The number of hydrogen-bond acceptors (Lipinski definition) is 6. The second-order valence-electron chi connectivity index (χ2n) is 8.13. The minimum Gasteiger partial charge on any atom is -0.494 e. The van der Waals surface area contributed by atoms with Crippen molar-refractivity contribution in [2.75, 3.05) is 25.6 Å². The zero-order valence-electron chi connectivity index (χ0n) is 19.2. The van der Waals surface area contributed by atoms with E-state index in [9.17, 15) is 9.18 Å². The smallest absolute Gasteiger partial charge is 0.292 e. The zero-order chi connectivity index (χ0) is 23.4. The number of hydrogen-bond donors (Lipinski definition) is 1. The number of aromatic nitrogens is 2. The topological polar surface area (TPSA) is 68.6 Å². The third-order valence-electron chi connectivity index (χ3n) is 5.74. The molecule has 0 aliphatic carbocycles. The Morgan fingerprint density at radius 2 is 1.97 bits per heavy atom. The van der Waals surface area contributed by atoms with Crippen LogP contribution in [0.25, 0.3) is 0 Å². The fourth-order valence-corrected chi connectivity index (χ4v) is 4.00. The first-order valence-electron chi connectivity index (χ1n) is 11.1. The molecule has 0 radical (unpaired) electrons. The van der Waals surface area contributed by atoms with Crippen LogP contribution < -0.4 is 20.5 Å². The second kappa shape index (κ2) is 10.0. The number of nitrogens with zero attached hydrogens (tertiary/aromatic N) is 3. The van der Waals surface area contributed by atoms with Gasteiger partial charge in [-0.25, -0.2) is 9.37 Å². The van der Waals surface area contributed by atoms with Crippen molar-refractivity contribution in [1.82, 2.24) is 14.6 Å². The van der Waals surface area contributed by atoms with Crippen molar-refractivity contribution < 1.29 is 14.0 Å². The molecular formula is C25H29FN4O3. The Balaban J connectivity index is 1.50. The van der Waals surface area contributed by atoms with Gasteiger partial charge in [0, 0.05) is 38.2 Å². The highest BCUT2D eigenvalue weighted by molar-refractivity contribution is 5.35. The molecule has 2 heterocycles. The highest BCUT2D eigenvalue weighted by atomic mass is 19.1. The van der Waals surface area contributed by atoms with E-state index < -0.39 is 0 Å². The highest BCUT2D eigenvalue weighted by Gasteiger charge is 2.24. The molecule has 8 heteroatoms. The zero-order valence-corrected chi connectivity index (χ0v) is 19.2. The minimum atomic E-state index is -0.245. The van der Waals surface area contributed by atoms with Gasteiger partial charge in [0.05, 0.1) is 17.9 Å². The summed E-state index contributed by atoms with van der Waals surface area (Å²) in [4.78, 5) is 25.2. The average Bonchev–Trinajstić information content (AvgIpc) is 2.81. The SMILES string of the molecule is CCOc1ccc(CNc2nc3c(c(=O)n2OC)CN(Cc2ccc(C)cc2F)CC3)cc1. The van der Waals surface area contributed by atoms with Gasteiger partial charge in [-0.15, -0.1) is 4.73 Å². The lowest BCUT2D eigenvalue weighted by atomic mass is 10.1. The fraction of sp³-hybridized carbons (Fsp3) is 0.360. The minimum absolute atomic E-state index is 0.220. The molecule has 0 fully saturated rings. The molecule has 4 rings (SSSR count). The fourth-order valence-electron chi connectivity index (χ4n) is 4.00. The first kappa shape index (κ1) is 22.8. The molecule has 0 amide bonds. The maximum absolute atomic E-state index is 14.3. The van der Waals surface area contributed by atoms with Gasteiger partial charge in [0.25, 0.3) is 5.56 Å². The number of rotatable bonds is 8. The molecule has 0 unspecified atom stereocenters. The quantitative estimate of drug-likeness (QED) is 0.566. The molecule has 174 valence electrons. The Bertz CT molecular complexity index is 1180. The van der Waals surface area contributed by atoms with Crippen LogP contribution in [0.5, 0.6) is 5.75 Å². The van der Waals surface area contributed by atoms with Crippen molar-refractivity contribution in [3.05, 3.63) is 86.6 Å². The maximum atomic E-state index is 14.3. The number of nitrogens with one attached hydrogen (secondary N) is 1. The molecule has 1 aromatic heterocycles. The van der Waals surface area contributed by atoms with Crippen molar-refractivity contribution in [1.29, 1.82) is 0 Å². The van der Waals surface area contributed by atoms with Crippen molar-refractivity contribution in [2.24, 2.45) is 0 Å². The third-order valence-corrected chi connectivity index (χ3v) is 5.74. The van der Waals surface area contributed by atoms with Crippen LogP contribution in [0.4, 0.5) is 10.3 Å². The van der Waals surface area contributed by atoms with Crippen molar-refractivity contribution in [3.63, 3.8) is 0 Å².